The van der Waals surface area contributed by atoms with Crippen LogP contribution >= 0.6 is 0 Å². The van der Waals surface area contributed by atoms with E-state index in [1.165, 1.54) is 0 Å². The van der Waals surface area contributed by atoms with E-state index in [1.807, 2.05) is 0 Å². The summed E-state index contributed by atoms with van der Waals surface area (Å²) in [4.78, 5) is 12.5. The fourth-order valence-corrected chi connectivity index (χ4v) is 1.37. The van der Waals surface area contributed by atoms with Gasteiger partial charge in [0, 0.05) is 19.0 Å². The van der Waals surface area contributed by atoms with Crippen molar-refractivity contribution in [3.63, 3.8) is 0 Å². The third-order valence-electron chi connectivity index (χ3n) is 2.27. The molecule has 0 aromatic heterocycles. The van der Waals surface area contributed by atoms with Crippen LogP contribution in [-0.4, -0.2) is 43.5 Å². The van der Waals surface area contributed by atoms with Crippen LogP contribution in [-0.2, 0) is 9.53 Å². The molecule has 0 unspecified atom stereocenters. The SMILES string of the molecule is O=CC1CN(C2COC2)C1. The fraction of sp³-hybridized carbons (Fsp3) is 0.857. The number of aldehydes is 1. The first-order valence-corrected chi connectivity index (χ1v) is 3.67. The van der Waals surface area contributed by atoms with Crippen LogP contribution < -0.4 is 0 Å². The van der Waals surface area contributed by atoms with E-state index in [-0.39, 0.29) is 0 Å². The maximum absolute atomic E-state index is 10.2. The molecule has 0 saturated carbocycles. The van der Waals surface area contributed by atoms with E-state index >= 15 is 0 Å². The zero-order valence-electron chi connectivity index (χ0n) is 5.82. The first kappa shape index (κ1) is 6.31. The molecule has 0 aliphatic carbocycles. The van der Waals surface area contributed by atoms with Crippen LogP contribution in [0.15, 0.2) is 0 Å². The minimum atomic E-state index is 0.306. The molecule has 0 aromatic rings. The molecule has 2 fully saturated rings. The quantitative estimate of drug-likeness (QED) is 0.486. The molecule has 0 radical (unpaired) electrons. The van der Waals surface area contributed by atoms with Gasteiger partial charge in [-0.1, -0.05) is 0 Å². The van der Waals surface area contributed by atoms with Gasteiger partial charge in [-0.05, 0) is 0 Å². The molecule has 0 amide bonds. The summed E-state index contributed by atoms with van der Waals surface area (Å²) in [5.41, 5.74) is 0. The van der Waals surface area contributed by atoms with Gasteiger partial charge in [-0.25, -0.2) is 0 Å². The van der Waals surface area contributed by atoms with Crippen LogP contribution in [0.2, 0.25) is 0 Å². The summed E-state index contributed by atoms with van der Waals surface area (Å²) in [6.45, 7) is 3.65. The Morgan fingerprint density at radius 3 is 2.50 bits per heavy atom. The molecule has 0 aromatic carbocycles. The Labute approximate surface area is 60.0 Å². The number of hydrogen-bond donors (Lipinski definition) is 0. The van der Waals surface area contributed by atoms with Crippen LogP contribution in [0.5, 0.6) is 0 Å². The van der Waals surface area contributed by atoms with Crippen molar-refractivity contribution in [2.24, 2.45) is 5.92 Å². The van der Waals surface area contributed by atoms with Crippen molar-refractivity contribution in [3.8, 4) is 0 Å². The number of rotatable bonds is 2. The minimum absolute atomic E-state index is 0.306. The highest BCUT2D eigenvalue weighted by molar-refractivity contribution is 5.55. The van der Waals surface area contributed by atoms with Crippen molar-refractivity contribution in [1.29, 1.82) is 0 Å². The summed E-state index contributed by atoms with van der Waals surface area (Å²) in [6, 6.07) is 0.621. The van der Waals surface area contributed by atoms with Gasteiger partial charge in [0.25, 0.3) is 0 Å². The van der Waals surface area contributed by atoms with Crippen LogP contribution in [0.1, 0.15) is 0 Å². The monoisotopic (exact) mass is 141 g/mol. The Bertz CT molecular complexity index is 139. The molecule has 2 aliphatic heterocycles. The minimum Gasteiger partial charge on any atom is -0.378 e. The number of likely N-dealkylation sites (tertiary alicyclic amines) is 1. The maximum Gasteiger partial charge on any atom is 0.125 e. The number of ether oxygens (including phenoxy) is 1. The smallest absolute Gasteiger partial charge is 0.125 e. The Morgan fingerprint density at radius 2 is 2.10 bits per heavy atom. The first-order chi connectivity index (χ1) is 4.90. The van der Waals surface area contributed by atoms with Gasteiger partial charge < -0.3 is 9.53 Å². The van der Waals surface area contributed by atoms with Crippen molar-refractivity contribution in [1.82, 2.24) is 4.90 Å². The molecule has 3 heteroatoms. The fourth-order valence-electron chi connectivity index (χ4n) is 1.37. The normalized spacial score (nSPS) is 29.2. The van der Waals surface area contributed by atoms with Gasteiger partial charge in [-0.2, -0.15) is 0 Å². The van der Waals surface area contributed by atoms with Crippen molar-refractivity contribution in [3.05, 3.63) is 0 Å². The first-order valence-electron chi connectivity index (χ1n) is 3.67. The van der Waals surface area contributed by atoms with Crippen LogP contribution in [0.3, 0.4) is 0 Å². The van der Waals surface area contributed by atoms with Gasteiger partial charge in [0.05, 0.1) is 19.3 Å². The second kappa shape index (κ2) is 2.32. The van der Waals surface area contributed by atoms with Crippen LogP contribution in [0, 0.1) is 5.92 Å². The Balaban J connectivity index is 1.74. The third kappa shape index (κ3) is 0.859. The molecule has 10 heavy (non-hydrogen) atoms. The van der Waals surface area contributed by atoms with Gasteiger partial charge in [0.2, 0.25) is 0 Å². The van der Waals surface area contributed by atoms with E-state index in [0.717, 1.165) is 32.6 Å². The van der Waals surface area contributed by atoms with Gasteiger partial charge in [-0.3, -0.25) is 4.90 Å². The van der Waals surface area contributed by atoms with E-state index in [4.69, 9.17) is 4.74 Å². The molecule has 2 saturated heterocycles. The Kier molecular flexibility index (Phi) is 1.47. The molecule has 0 N–H and O–H groups in total. The highest BCUT2D eigenvalue weighted by atomic mass is 16.5. The largest absolute Gasteiger partial charge is 0.378 e. The number of nitrogens with zero attached hydrogens (tertiary/aromatic N) is 1. The predicted octanol–water partition coefficient (Wildman–Crippen LogP) is -0.484. The second-order valence-electron chi connectivity index (χ2n) is 3.04. The average molecular weight is 141 g/mol. The van der Waals surface area contributed by atoms with Crippen molar-refractivity contribution in [2.75, 3.05) is 26.3 Å². The zero-order chi connectivity index (χ0) is 6.97. The molecule has 0 bridgehead atoms. The lowest BCUT2D eigenvalue weighted by molar-refractivity contribution is -0.127. The lowest BCUT2D eigenvalue weighted by Crippen LogP contribution is -2.59. The molecule has 3 nitrogen and oxygen atoms in total. The van der Waals surface area contributed by atoms with Gasteiger partial charge >= 0.3 is 0 Å². The zero-order valence-corrected chi connectivity index (χ0v) is 5.82. The standard InChI is InChI=1S/C7H11NO2/c9-3-6-1-8(2-6)7-4-10-5-7/h3,6-7H,1-2,4-5H2. The molecule has 2 aliphatic rings. The Morgan fingerprint density at radius 1 is 1.40 bits per heavy atom. The van der Waals surface area contributed by atoms with Crippen molar-refractivity contribution < 1.29 is 9.53 Å². The van der Waals surface area contributed by atoms with E-state index in [0.29, 0.717) is 12.0 Å². The summed E-state index contributed by atoms with van der Waals surface area (Å²) in [7, 11) is 0. The summed E-state index contributed by atoms with van der Waals surface area (Å²) in [5, 5.41) is 0. The molecular weight excluding hydrogens is 130 g/mol. The summed E-state index contributed by atoms with van der Waals surface area (Å²) in [6.07, 6.45) is 1.05. The van der Waals surface area contributed by atoms with E-state index < -0.39 is 0 Å². The van der Waals surface area contributed by atoms with Crippen molar-refractivity contribution >= 4 is 6.29 Å². The number of carbonyl (C=O) groups is 1. The highest BCUT2D eigenvalue weighted by Crippen LogP contribution is 2.20. The van der Waals surface area contributed by atoms with Crippen molar-refractivity contribution in [2.45, 2.75) is 6.04 Å². The maximum atomic E-state index is 10.2. The van der Waals surface area contributed by atoms with E-state index in [1.54, 1.807) is 0 Å². The van der Waals surface area contributed by atoms with Gasteiger partial charge in [-0.15, -0.1) is 0 Å². The van der Waals surface area contributed by atoms with Crippen LogP contribution in [0.25, 0.3) is 0 Å². The number of carbonyl (C=O) groups excluding carboxylic acids is 1. The van der Waals surface area contributed by atoms with Crippen LogP contribution in [0.4, 0.5) is 0 Å². The molecular formula is C7H11NO2. The summed E-state index contributed by atoms with van der Waals surface area (Å²) >= 11 is 0. The van der Waals surface area contributed by atoms with Gasteiger partial charge in [0.15, 0.2) is 0 Å². The Hall–Kier alpha value is -0.410. The molecule has 2 heterocycles. The molecule has 0 atom stereocenters. The summed E-state index contributed by atoms with van der Waals surface area (Å²) < 4.78 is 5.03. The lowest BCUT2D eigenvalue weighted by atomic mass is 9.99. The predicted molar refractivity (Wildman–Crippen MR) is 35.7 cm³/mol. The van der Waals surface area contributed by atoms with E-state index in [9.17, 15) is 4.79 Å². The molecule has 0 spiro atoms. The lowest BCUT2D eigenvalue weighted by Gasteiger charge is -2.45. The van der Waals surface area contributed by atoms with E-state index in [2.05, 4.69) is 4.90 Å². The molecule has 2 rings (SSSR count). The summed E-state index contributed by atoms with van der Waals surface area (Å²) in [5.74, 6) is 0.306. The molecule has 56 valence electrons. The second-order valence-corrected chi connectivity index (χ2v) is 3.04. The highest BCUT2D eigenvalue weighted by Gasteiger charge is 2.35. The topological polar surface area (TPSA) is 29.5 Å². The van der Waals surface area contributed by atoms with Gasteiger partial charge in [0.1, 0.15) is 6.29 Å². The number of hydrogen-bond acceptors (Lipinski definition) is 3. The third-order valence-corrected chi connectivity index (χ3v) is 2.27. The average Bonchev–Trinajstić information content (AvgIpc) is 1.72.